The predicted molar refractivity (Wildman–Crippen MR) is 78.9 cm³/mol. The third-order valence-corrected chi connectivity index (χ3v) is 4.09. The van der Waals surface area contributed by atoms with Crippen LogP contribution in [0.4, 0.5) is 0 Å². The van der Waals surface area contributed by atoms with E-state index >= 15 is 0 Å². The Kier molecular flexibility index (Phi) is 3.74. The fraction of sp³-hybridized carbons (Fsp3) is 0.438. The van der Waals surface area contributed by atoms with Gasteiger partial charge in [-0.2, -0.15) is 0 Å². The van der Waals surface area contributed by atoms with Crippen molar-refractivity contribution >= 4 is 0 Å². The number of hydrogen-bond acceptors (Lipinski definition) is 3. The molecule has 2 atom stereocenters. The van der Waals surface area contributed by atoms with Crippen LogP contribution in [0.15, 0.2) is 36.7 Å². The molecule has 0 saturated carbocycles. The number of imidazole rings is 1. The molecule has 106 valence electrons. The first-order valence-electron chi connectivity index (χ1n) is 7.16. The Bertz CT molecular complexity index is 554. The minimum atomic E-state index is 0.220. The fourth-order valence-electron chi connectivity index (χ4n) is 2.87. The third kappa shape index (κ3) is 2.56. The van der Waals surface area contributed by atoms with Crippen LogP contribution in [0.2, 0.25) is 0 Å². The first-order valence-corrected chi connectivity index (χ1v) is 7.16. The fourth-order valence-corrected chi connectivity index (χ4v) is 2.87. The second-order valence-electron chi connectivity index (χ2n) is 5.36. The number of fused-ring (bicyclic) bond motifs is 1. The normalized spacial score (nSPS) is 18.6. The maximum Gasteiger partial charge on any atom is 0.123 e. The van der Waals surface area contributed by atoms with Gasteiger partial charge in [0, 0.05) is 38.3 Å². The van der Waals surface area contributed by atoms with Gasteiger partial charge >= 0.3 is 0 Å². The molecule has 2 aromatic rings. The van der Waals surface area contributed by atoms with Crippen molar-refractivity contribution in [3.63, 3.8) is 0 Å². The maximum absolute atomic E-state index is 6.07. The van der Waals surface area contributed by atoms with Crippen molar-refractivity contribution in [1.82, 2.24) is 14.9 Å². The van der Waals surface area contributed by atoms with Crippen molar-refractivity contribution in [2.24, 2.45) is 7.05 Å². The summed E-state index contributed by atoms with van der Waals surface area (Å²) in [5, 5.41) is 3.40. The Labute approximate surface area is 119 Å². The van der Waals surface area contributed by atoms with E-state index in [0.717, 1.165) is 30.8 Å². The van der Waals surface area contributed by atoms with Crippen LogP contribution in [-0.2, 0) is 19.9 Å². The number of aryl methyl sites for hydroxylation is 2. The van der Waals surface area contributed by atoms with Crippen molar-refractivity contribution in [3.8, 4) is 5.75 Å². The summed E-state index contributed by atoms with van der Waals surface area (Å²) in [5.41, 5.74) is 1.31. The zero-order valence-electron chi connectivity index (χ0n) is 12.0. The zero-order chi connectivity index (χ0) is 13.9. The van der Waals surface area contributed by atoms with Crippen molar-refractivity contribution in [1.29, 1.82) is 0 Å². The average Bonchev–Trinajstić information content (AvgIpc) is 3.06. The van der Waals surface area contributed by atoms with Crippen LogP contribution in [0.25, 0.3) is 0 Å². The van der Waals surface area contributed by atoms with Crippen LogP contribution in [0, 0.1) is 0 Å². The lowest BCUT2D eigenvalue weighted by Gasteiger charge is -2.22. The number of nitrogens with one attached hydrogen (secondary N) is 1. The van der Waals surface area contributed by atoms with E-state index < -0.39 is 0 Å². The van der Waals surface area contributed by atoms with E-state index in [1.807, 2.05) is 32.6 Å². The molecule has 1 aliphatic rings. The van der Waals surface area contributed by atoms with Crippen LogP contribution in [0.3, 0.4) is 0 Å². The highest BCUT2D eigenvalue weighted by Gasteiger charge is 2.29. The Morgan fingerprint density at radius 2 is 2.30 bits per heavy atom. The molecule has 0 fully saturated rings. The Hall–Kier alpha value is -1.81. The minimum Gasteiger partial charge on any atom is -0.488 e. The van der Waals surface area contributed by atoms with Crippen LogP contribution >= 0.6 is 0 Å². The summed E-state index contributed by atoms with van der Waals surface area (Å²) >= 11 is 0. The monoisotopic (exact) mass is 271 g/mol. The first-order chi connectivity index (χ1) is 9.78. The molecule has 1 N–H and O–H groups in total. The molecule has 20 heavy (non-hydrogen) atoms. The van der Waals surface area contributed by atoms with Gasteiger partial charge in [0.1, 0.15) is 17.7 Å². The summed E-state index contributed by atoms with van der Waals surface area (Å²) in [6, 6.07) is 8.66. The van der Waals surface area contributed by atoms with Gasteiger partial charge < -0.3 is 14.6 Å². The van der Waals surface area contributed by atoms with Crippen molar-refractivity contribution in [3.05, 3.63) is 48.0 Å². The average molecular weight is 271 g/mol. The summed E-state index contributed by atoms with van der Waals surface area (Å²) in [4.78, 5) is 4.38. The van der Waals surface area contributed by atoms with Gasteiger partial charge in [-0.1, -0.05) is 18.2 Å². The summed E-state index contributed by atoms with van der Waals surface area (Å²) in [5.74, 6) is 2.16. The van der Waals surface area contributed by atoms with Gasteiger partial charge in [0.05, 0.1) is 0 Å². The number of hydrogen-bond donors (Lipinski definition) is 1. The lowest BCUT2D eigenvalue weighted by atomic mass is 10.0. The molecule has 4 nitrogen and oxygen atoms in total. The van der Waals surface area contributed by atoms with Gasteiger partial charge in [-0.25, -0.2) is 4.98 Å². The number of para-hydroxylation sites is 1. The van der Waals surface area contributed by atoms with Crippen molar-refractivity contribution in [2.75, 3.05) is 7.05 Å². The molecule has 0 radical (unpaired) electrons. The van der Waals surface area contributed by atoms with E-state index in [1.165, 1.54) is 5.56 Å². The van der Waals surface area contributed by atoms with Crippen molar-refractivity contribution in [2.45, 2.75) is 31.4 Å². The van der Waals surface area contributed by atoms with Gasteiger partial charge in [-0.15, -0.1) is 0 Å². The summed E-state index contributed by atoms with van der Waals surface area (Å²) in [6.07, 6.45) is 7.04. The highest BCUT2D eigenvalue weighted by molar-refractivity contribution is 5.37. The topological polar surface area (TPSA) is 39.1 Å². The molecule has 4 heteroatoms. The van der Waals surface area contributed by atoms with E-state index in [2.05, 4.69) is 33.1 Å². The zero-order valence-corrected chi connectivity index (χ0v) is 12.0. The predicted octanol–water partition coefficient (Wildman–Crippen LogP) is 1.94. The van der Waals surface area contributed by atoms with Gasteiger partial charge in [0.15, 0.2) is 0 Å². The van der Waals surface area contributed by atoms with Gasteiger partial charge in [0.25, 0.3) is 0 Å². The largest absolute Gasteiger partial charge is 0.488 e. The van der Waals surface area contributed by atoms with Crippen molar-refractivity contribution < 1.29 is 4.74 Å². The Balaban J connectivity index is 1.62. The molecule has 1 aliphatic heterocycles. The molecule has 0 aliphatic carbocycles. The third-order valence-electron chi connectivity index (χ3n) is 4.09. The number of ether oxygens (including phenoxy) is 1. The van der Waals surface area contributed by atoms with E-state index in [4.69, 9.17) is 4.74 Å². The van der Waals surface area contributed by atoms with Gasteiger partial charge in [-0.3, -0.25) is 0 Å². The van der Waals surface area contributed by atoms with Crippen LogP contribution in [0.5, 0.6) is 5.75 Å². The number of benzene rings is 1. The molecule has 2 unspecified atom stereocenters. The maximum atomic E-state index is 6.07. The highest BCUT2D eigenvalue weighted by atomic mass is 16.5. The molecule has 0 amide bonds. The first kappa shape index (κ1) is 13.2. The van der Waals surface area contributed by atoms with E-state index in [0.29, 0.717) is 6.04 Å². The lowest BCUT2D eigenvalue weighted by molar-refractivity contribution is 0.176. The number of likely N-dealkylation sites (N-methyl/N-ethyl adjacent to an activating group) is 1. The van der Waals surface area contributed by atoms with E-state index in [-0.39, 0.29) is 6.10 Å². The van der Waals surface area contributed by atoms with Crippen LogP contribution < -0.4 is 10.1 Å². The summed E-state index contributed by atoms with van der Waals surface area (Å²) in [6.45, 7) is 0. The number of aromatic nitrogens is 2. The minimum absolute atomic E-state index is 0.220. The number of nitrogens with zero attached hydrogens (tertiary/aromatic N) is 2. The second-order valence-corrected chi connectivity index (χ2v) is 5.36. The van der Waals surface area contributed by atoms with Gasteiger partial charge in [-0.05, 0) is 25.1 Å². The van der Waals surface area contributed by atoms with E-state index in [9.17, 15) is 0 Å². The molecule has 0 spiro atoms. The molecule has 2 heterocycles. The number of rotatable bonds is 5. The highest BCUT2D eigenvalue weighted by Crippen LogP contribution is 2.30. The SMILES string of the molecule is CNC(CCc1nccn1C)C1Cc2ccccc2O1. The Morgan fingerprint density at radius 3 is 3.00 bits per heavy atom. The standard InChI is InChI=1S/C16H21N3O/c1-17-13(7-8-16-18-9-10-19(16)2)15-11-12-5-3-4-6-14(12)20-15/h3-6,9-10,13,15,17H,7-8,11H2,1-2H3. The molecule has 0 bridgehead atoms. The quantitative estimate of drug-likeness (QED) is 0.903. The lowest BCUT2D eigenvalue weighted by Crippen LogP contribution is -2.41. The van der Waals surface area contributed by atoms with E-state index in [1.54, 1.807) is 0 Å². The molecule has 3 rings (SSSR count). The second kappa shape index (κ2) is 5.67. The molecule has 1 aromatic carbocycles. The Morgan fingerprint density at radius 1 is 1.45 bits per heavy atom. The summed E-state index contributed by atoms with van der Waals surface area (Å²) < 4.78 is 8.15. The molecule has 1 aromatic heterocycles. The van der Waals surface area contributed by atoms with Gasteiger partial charge in [0.2, 0.25) is 0 Å². The smallest absolute Gasteiger partial charge is 0.123 e. The molecular formula is C16H21N3O. The van der Waals surface area contributed by atoms with Crippen LogP contribution in [0.1, 0.15) is 17.8 Å². The summed E-state index contributed by atoms with van der Waals surface area (Å²) in [7, 11) is 4.05. The van der Waals surface area contributed by atoms with Crippen LogP contribution in [-0.4, -0.2) is 28.7 Å². The molecule has 0 saturated heterocycles. The molecular weight excluding hydrogens is 250 g/mol.